The molecule has 2 aromatic rings. The highest BCUT2D eigenvalue weighted by Crippen LogP contribution is 2.29. The SMILES string of the molecule is [2H][C@@]1(Cc2ccc(OC)c(C(=O)NCc3ccc(C(F)(F)F)cc3)c2)SC(=O)NC1=O. The molecule has 0 aliphatic carbocycles. The van der Waals surface area contributed by atoms with E-state index in [0.29, 0.717) is 22.9 Å². The van der Waals surface area contributed by atoms with Crippen molar-refractivity contribution in [2.75, 3.05) is 7.11 Å². The van der Waals surface area contributed by atoms with E-state index in [2.05, 4.69) is 10.6 Å². The Bertz CT molecular complexity index is 1030. The average molecular weight is 439 g/mol. The summed E-state index contributed by atoms with van der Waals surface area (Å²) in [5, 5.41) is 2.33. The standard InChI is InChI=1S/C20H17F3N2O4S/c1-29-15-7-4-12(9-16-18(27)25-19(28)30-16)8-14(15)17(26)24-10-11-2-5-13(6-3-11)20(21,22)23/h2-8,16H,9-10H2,1H3,(H,24,26)(H,25,27,28)/t16-/m0/s1/i16D. The van der Waals surface area contributed by atoms with Gasteiger partial charge in [-0.15, -0.1) is 0 Å². The molecule has 0 spiro atoms. The van der Waals surface area contributed by atoms with Gasteiger partial charge in [0.1, 0.15) is 5.75 Å². The van der Waals surface area contributed by atoms with E-state index < -0.39 is 34.0 Å². The van der Waals surface area contributed by atoms with Crippen molar-refractivity contribution >= 4 is 28.8 Å². The highest BCUT2D eigenvalue weighted by molar-refractivity contribution is 8.15. The Morgan fingerprint density at radius 1 is 1.20 bits per heavy atom. The molecule has 1 fully saturated rings. The van der Waals surface area contributed by atoms with Crippen LogP contribution in [0.2, 0.25) is 0 Å². The molecule has 2 aromatic carbocycles. The third-order valence-electron chi connectivity index (χ3n) is 4.29. The third-order valence-corrected chi connectivity index (χ3v) is 5.16. The van der Waals surface area contributed by atoms with E-state index in [9.17, 15) is 27.6 Å². The first-order valence-electron chi connectivity index (χ1n) is 9.17. The van der Waals surface area contributed by atoms with Crippen LogP contribution in [0.15, 0.2) is 42.5 Å². The lowest BCUT2D eigenvalue weighted by Gasteiger charge is -2.13. The van der Waals surface area contributed by atoms with E-state index in [1.807, 2.05) is 0 Å². The second kappa shape index (κ2) is 8.78. The van der Waals surface area contributed by atoms with Crippen LogP contribution in [0.1, 0.15) is 28.4 Å². The van der Waals surface area contributed by atoms with Crippen LogP contribution in [-0.4, -0.2) is 29.4 Å². The van der Waals surface area contributed by atoms with Crippen molar-refractivity contribution in [2.45, 2.75) is 24.4 Å². The number of ether oxygens (including phenoxy) is 1. The van der Waals surface area contributed by atoms with Crippen molar-refractivity contribution in [1.82, 2.24) is 10.6 Å². The van der Waals surface area contributed by atoms with Crippen molar-refractivity contribution in [3.05, 3.63) is 64.7 Å². The van der Waals surface area contributed by atoms with Gasteiger partial charge in [0.05, 0.1) is 24.8 Å². The fraction of sp³-hybridized carbons (Fsp3) is 0.250. The molecule has 10 heteroatoms. The van der Waals surface area contributed by atoms with Crippen molar-refractivity contribution in [3.63, 3.8) is 0 Å². The van der Waals surface area contributed by atoms with E-state index in [4.69, 9.17) is 6.11 Å². The second-order valence-corrected chi connectivity index (χ2v) is 7.42. The Morgan fingerprint density at radius 3 is 2.43 bits per heavy atom. The first-order chi connectivity index (χ1) is 14.5. The Kier molecular flexibility index (Phi) is 5.93. The molecule has 0 bridgehead atoms. The zero-order valence-corrected chi connectivity index (χ0v) is 16.4. The van der Waals surface area contributed by atoms with Crippen molar-refractivity contribution in [3.8, 4) is 5.75 Å². The number of nitrogens with one attached hydrogen (secondary N) is 2. The Labute approximate surface area is 175 Å². The summed E-state index contributed by atoms with van der Waals surface area (Å²) in [5.74, 6) is -1.03. The summed E-state index contributed by atoms with van der Waals surface area (Å²) < 4.78 is 51.3. The predicted molar refractivity (Wildman–Crippen MR) is 104 cm³/mol. The lowest BCUT2D eigenvalue weighted by atomic mass is 10.0. The number of halogens is 3. The van der Waals surface area contributed by atoms with Gasteiger partial charge in [0.15, 0.2) is 0 Å². The zero-order chi connectivity index (χ0) is 22.8. The number of benzene rings is 2. The van der Waals surface area contributed by atoms with Gasteiger partial charge in [-0.2, -0.15) is 13.2 Å². The predicted octanol–water partition coefficient (Wildman–Crippen LogP) is 3.54. The maximum Gasteiger partial charge on any atom is 0.416 e. The molecule has 1 atom stereocenters. The second-order valence-electron chi connectivity index (χ2n) is 6.36. The van der Waals surface area contributed by atoms with Gasteiger partial charge < -0.3 is 10.1 Å². The highest BCUT2D eigenvalue weighted by Gasteiger charge is 2.32. The van der Waals surface area contributed by atoms with Crippen LogP contribution < -0.4 is 15.4 Å². The van der Waals surface area contributed by atoms with E-state index in [-0.39, 0.29) is 24.3 Å². The minimum Gasteiger partial charge on any atom is -0.496 e. The van der Waals surface area contributed by atoms with E-state index >= 15 is 0 Å². The maximum atomic E-state index is 12.7. The molecule has 3 rings (SSSR count). The molecule has 0 radical (unpaired) electrons. The summed E-state index contributed by atoms with van der Waals surface area (Å²) in [6.45, 7) is -0.0144. The van der Waals surface area contributed by atoms with Crippen LogP contribution in [-0.2, 0) is 23.9 Å². The van der Waals surface area contributed by atoms with Crippen molar-refractivity contribution in [2.24, 2.45) is 0 Å². The van der Waals surface area contributed by atoms with Gasteiger partial charge in [-0.1, -0.05) is 30.0 Å². The summed E-state index contributed by atoms with van der Waals surface area (Å²) in [7, 11) is 1.37. The number of hydrogen-bond donors (Lipinski definition) is 2. The van der Waals surface area contributed by atoms with Gasteiger partial charge in [0, 0.05) is 6.54 Å². The Balaban J connectivity index is 1.73. The highest BCUT2D eigenvalue weighted by atomic mass is 32.2. The Morgan fingerprint density at radius 2 is 1.87 bits per heavy atom. The molecule has 0 unspecified atom stereocenters. The van der Waals surface area contributed by atoms with Crippen LogP contribution in [0.5, 0.6) is 5.75 Å². The molecule has 0 aromatic heterocycles. The zero-order valence-electron chi connectivity index (χ0n) is 16.6. The smallest absolute Gasteiger partial charge is 0.416 e. The number of carbonyl (C=O) groups excluding carboxylic acids is 3. The molecule has 0 saturated carbocycles. The van der Waals surface area contributed by atoms with Crippen molar-refractivity contribution in [1.29, 1.82) is 0 Å². The normalized spacial score (nSPS) is 19.3. The molecule has 2 N–H and O–H groups in total. The van der Waals surface area contributed by atoms with Crippen LogP contribution in [0.4, 0.5) is 18.0 Å². The van der Waals surface area contributed by atoms with E-state index in [0.717, 1.165) is 12.1 Å². The molecule has 1 aliphatic rings. The fourth-order valence-corrected chi connectivity index (χ4v) is 3.53. The summed E-state index contributed by atoms with van der Waals surface area (Å²) in [6, 6.07) is 8.95. The molecule has 158 valence electrons. The van der Waals surface area contributed by atoms with E-state index in [1.165, 1.54) is 31.4 Å². The molecular formula is C20H17F3N2O4S. The fourth-order valence-electron chi connectivity index (χ4n) is 2.78. The number of hydrogen-bond acceptors (Lipinski definition) is 5. The van der Waals surface area contributed by atoms with Gasteiger partial charge in [0.2, 0.25) is 5.91 Å². The lowest BCUT2D eigenvalue weighted by Crippen LogP contribution is -2.26. The molecular weight excluding hydrogens is 421 g/mol. The largest absolute Gasteiger partial charge is 0.496 e. The van der Waals surface area contributed by atoms with Gasteiger partial charge in [-0.25, -0.2) is 0 Å². The van der Waals surface area contributed by atoms with Crippen LogP contribution in [0.25, 0.3) is 0 Å². The van der Waals surface area contributed by atoms with Crippen molar-refractivity contribution < 1.29 is 33.7 Å². The lowest BCUT2D eigenvalue weighted by molar-refractivity contribution is -0.137. The number of carbonyl (C=O) groups is 3. The van der Waals surface area contributed by atoms with Crippen LogP contribution in [0, 0.1) is 0 Å². The monoisotopic (exact) mass is 439 g/mol. The summed E-state index contributed by atoms with van der Waals surface area (Å²) in [5.41, 5.74) is 0.283. The number of alkyl halides is 3. The van der Waals surface area contributed by atoms with E-state index in [1.54, 1.807) is 6.07 Å². The molecule has 30 heavy (non-hydrogen) atoms. The molecule has 6 nitrogen and oxygen atoms in total. The number of methoxy groups -OCH3 is 1. The van der Waals surface area contributed by atoms with Gasteiger partial charge in [-0.05, 0) is 41.8 Å². The third kappa shape index (κ3) is 5.12. The van der Waals surface area contributed by atoms with Gasteiger partial charge in [-0.3, -0.25) is 19.7 Å². The quantitative estimate of drug-likeness (QED) is 0.719. The van der Waals surface area contributed by atoms with Gasteiger partial charge in [0.25, 0.3) is 11.1 Å². The Hall–Kier alpha value is -3.01. The van der Waals surface area contributed by atoms with Crippen LogP contribution in [0.3, 0.4) is 0 Å². The maximum absolute atomic E-state index is 12.7. The summed E-state index contributed by atoms with van der Waals surface area (Å²) in [4.78, 5) is 35.9. The minimum absolute atomic E-state index is 0.0144. The molecule has 1 aliphatic heterocycles. The molecule has 1 saturated heterocycles. The average Bonchev–Trinajstić information content (AvgIpc) is 2.96. The number of rotatable bonds is 6. The molecule has 1 heterocycles. The molecule has 3 amide bonds. The minimum atomic E-state index is -4.44. The number of imide groups is 1. The topological polar surface area (TPSA) is 84.5 Å². The summed E-state index contributed by atoms with van der Waals surface area (Å²) >= 11 is 0.561. The number of amides is 3. The first kappa shape index (κ1) is 20.3. The first-order valence-corrected chi connectivity index (χ1v) is 9.49. The summed E-state index contributed by atoms with van der Waals surface area (Å²) in [6.07, 6.45) is -4.55. The number of thioether (sulfide) groups is 1. The van der Waals surface area contributed by atoms with Gasteiger partial charge >= 0.3 is 6.18 Å². The van der Waals surface area contributed by atoms with Crippen LogP contribution >= 0.6 is 11.8 Å².